The molecule has 1 amide bonds. The molecule has 0 unspecified atom stereocenters. The molecule has 9 nitrogen and oxygen atoms in total. The number of nitrogens with one attached hydrogen (secondary N) is 1. The third-order valence-electron chi connectivity index (χ3n) is 3.67. The van der Waals surface area contributed by atoms with E-state index in [0.717, 1.165) is 4.68 Å². The number of amides is 1. The Morgan fingerprint density at radius 3 is 2.56 bits per heavy atom. The minimum atomic E-state index is -0.802. The maximum absolute atomic E-state index is 12.3. The van der Waals surface area contributed by atoms with Crippen molar-refractivity contribution < 1.29 is 23.9 Å². The summed E-state index contributed by atoms with van der Waals surface area (Å²) in [6.45, 7) is 1.80. The topological polar surface area (TPSA) is 117 Å². The van der Waals surface area contributed by atoms with Crippen molar-refractivity contribution >= 4 is 28.6 Å². The SMILES string of the molecule is CCOC(=O)CCCNC(=O)COC(=O)c1nn(C)c(=O)c2ccccc12. The molecule has 0 bridgehead atoms. The number of fused-ring (bicyclic) bond motifs is 1. The molecular weight excluding hydrogens is 354 g/mol. The second-order valence-corrected chi connectivity index (χ2v) is 5.66. The van der Waals surface area contributed by atoms with E-state index in [1.165, 1.54) is 7.05 Å². The first-order chi connectivity index (χ1) is 12.9. The highest BCUT2D eigenvalue weighted by atomic mass is 16.5. The number of esters is 2. The number of aromatic nitrogens is 2. The van der Waals surface area contributed by atoms with Crippen molar-refractivity contribution in [1.29, 1.82) is 0 Å². The molecule has 2 aromatic rings. The quantitative estimate of drug-likeness (QED) is 0.529. The van der Waals surface area contributed by atoms with Crippen LogP contribution in [-0.2, 0) is 26.1 Å². The van der Waals surface area contributed by atoms with Gasteiger partial charge in [0.1, 0.15) is 0 Å². The first-order valence-corrected chi connectivity index (χ1v) is 8.49. The van der Waals surface area contributed by atoms with Gasteiger partial charge >= 0.3 is 11.9 Å². The average Bonchev–Trinajstić information content (AvgIpc) is 2.66. The van der Waals surface area contributed by atoms with E-state index in [1.807, 2.05) is 0 Å². The van der Waals surface area contributed by atoms with Gasteiger partial charge in [-0.25, -0.2) is 9.48 Å². The summed E-state index contributed by atoms with van der Waals surface area (Å²) < 4.78 is 10.8. The van der Waals surface area contributed by atoms with E-state index < -0.39 is 18.5 Å². The van der Waals surface area contributed by atoms with Crippen LogP contribution in [0.2, 0.25) is 0 Å². The summed E-state index contributed by atoms with van der Waals surface area (Å²) in [4.78, 5) is 47.3. The van der Waals surface area contributed by atoms with Crippen LogP contribution < -0.4 is 10.9 Å². The van der Waals surface area contributed by atoms with E-state index in [0.29, 0.717) is 23.8 Å². The summed E-state index contributed by atoms with van der Waals surface area (Å²) >= 11 is 0. The number of carbonyl (C=O) groups is 3. The zero-order chi connectivity index (χ0) is 19.8. The molecule has 9 heteroatoms. The van der Waals surface area contributed by atoms with E-state index in [9.17, 15) is 19.2 Å². The summed E-state index contributed by atoms with van der Waals surface area (Å²) in [5.41, 5.74) is -0.371. The lowest BCUT2D eigenvalue weighted by molar-refractivity contribution is -0.143. The van der Waals surface area contributed by atoms with E-state index in [2.05, 4.69) is 10.4 Å². The Bertz CT molecular complexity index is 906. The van der Waals surface area contributed by atoms with Gasteiger partial charge in [-0.2, -0.15) is 5.10 Å². The molecule has 1 heterocycles. The Morgan fingerprint density at radius 2 is 1.85 bits per heavy atom. The fraction of sp³-hybridized carbons (Fsp3) is 0.389. The lowest BCUT2D eigenvalue weighted by Gasteiger charge is -2.09. The second kappa shape index (κ2) is 9.46. The van der Waals surface area contributed by atoms with Crippen molar-refractivity contribution in [3.63, 3.8) is 0 Å². The van der Waals surface area contributed by atoms with E-state index in [-0.39, 0.29) is 30.2 Å². The lowest BCUT2D eigenvalue weighted by atomic mass is 10.1. The van der Waals surface area contributed by atoms with Crippen molar-refractivity contribution in [3.8, 4) is 0 Å². The third kappa shape index (κ3) is 5.37. The van der Waals surface area contributed by atoms with Crippen LogP contribution in [-0.4, -0.2) is 47.4 Å². The van der Waals surface area contributed by atoms with E-state index >= 15 is 0 Å². The number of nitrogens with zero attached hydrogens (tertiary/aromatic N) is 2. The molecule has 0 fully saturated rings. The smallest absolute Gasteiger partial charge is 0.359 e. The van der Waals surface area contributed by atoms with Crippen LogP contribution >= 0.6 is 0 Å². The molecule has 0 atom stereocenters. The highest BCUT2D eigenvalue weighted by Gasteiger charge is 2.18. The fourth-order valence-electron chi connectivity index (χ4n) is 2.39. The lowest BCUT2D eigenvalue weighted by Crippen LogP contribution is -2.30. The van der Waals surface area contributed by atoms with Crippen LogP contribution in [0.15, 0.2) is 29.1 Å². The zero-order valence-electron chi connectivity index (χ0n) is 15.2. The first-order valence-electron chi connectivity index (χ1n) is 8.49. The molecule has 0 aliphatic heterocycles. The van der Waals surface area contributed by atoms with Gasteiger partial charge < -0.3 is 14.8 Å². The molecule has 1 N–H and O–H groups in total. The van der Waals surface area contributed by atoms with Gasteiger partial charge in [0.15, 0.2) is 12.3 Å². The molecule has 0 aliphatic carbocycles. The molecule has 1 aromatic heterocycles. The standard InChI is InChI=1S/C18H21N3O6/c1-3-26-15(23)9-6-10-19-14(22)11-27-18(25)16-12-7-4-5-8-13(12)17(24)21(2)20-16/h4-5,7-8H,3,6,9-11H2,1-2H3,(H,19,22). The average molecular weight is 375 g/mol. The largest absolute Gasteiger partial charge is 0.466 e. The molecule has 2 rings (SSSR count). The van der Waals surface area contributed by atoms with Crippen LogP contribution in [0.3, 0.4) is 0 Å². The maximum atomic E-state index is 12.3. The van der Waals surface area contributed by atoms with Crippen LogP contribution in [0.4, 0.5) is 0 Å². The molecular formula is C18H21N3O6. The van der Waals surface area contributed by atoms with Crippen molar-refractivity contribution in [2.24, 2.45) is 7.05 Å². The number of benzene rings is 1. The Labute approximate surface area is 155 Å². The van der Waals surface area contributed by atoms with Gasteiger partial charge in [0.2, 0.25) is 0 Å². The van der Waals surface area contributed by atoms with Crippen LogP contribution in [0.5, 0.6) is 0 Å². The molecule has 0 aliphatic rings. The molecule has 144 valence electrons. The molecule has 0 radical (unpaired) electrons. The minimum Gasteiger partial charge on any atom is -0.466 e. The number of hydrogen-bond donors (Lipinski definition) is 1. The summed E-state index contributed by atoms with van der Waals surface area (Å²) in [5.74, 6) is -1.63. The Kier molecular flexibility index (Phi) is 7.04. The van der Waals surface area contributed by atoms with E-state index in [1.54, 1.807) is 31.2 Å². The summed E-state index contributed by atoms with van der Waals surface area (Å²) in [5, 5.41) is 7.18. The van der Waals surface area contributed by atoms with Gasteiger partial charge in [-0.05, 0) is 19.4 Å². The van der Waals surface area contributed by atoms with Gasteiger partial charge in [0, 0.05) is 25.4 Å². The molecule has 0 saturated carbocycles. The van der Waals surface area contributed by atoms with Crippen molar-refractivity contribution in [1.82, 2.24) is 15.1 Å². The molecule has 27 heavy (non-hydrogen) atoms. The zero-order valence-corrected chi connectivity index (χ0v) is 15.2. The molecule has 0 spiro atoms. The van der Waals surface area contributed by atoms with Crippen LogP contribution in [0.25, 0.3) is 10.8 Å². The molecule has 1 aromatic carbocycles. The van der Waals surface area contributed by atoms with Crippen molar-refractivity contribution in [2.75, 3.05) is 19.8 Å². The van der Waals surface area contributed by atoms with Crippen LogP contribution in [0, 0.1) is 0 Å². The minimum absolute atomic E-state index is 0.0391. The number of carbonyl (C=O) groups excluding carboxylic acids is 3. The monoisotopic (exact) mass is 375 g/mol. The molecule has 0 saturated heterocycles. The highest BCUT2D eigenvalue weighted by Crippen LogP contribution is 2.13. The summed E-state index contributed by atoms with van der Waals surface area (Å²) in [6, 6.07) is 6.54. The third-order valence-corrected chi connectivity index (χ3v) is 3.67. The number of hydrogen-bond acceptors (Lipinski definition) is 7. The number of rotatable bonds is 8. The first kappa shape index (κ1) is 20.1. The fourth-order valence-corrected chi connectivity index (χ4v) is 2.39. The van der Waals surface area contributed by atoms with Crippen molar-refractivity contribution in [2.45, 2.75) is 19.8 Å². The van der Waals surface area contributed by atoms with Gasteiger partial charge in [-0.3, -0.25) is 14.4 Å². The van der Waals surface area contributed by atoms with Crippen LogP contribution in [0.1, 0.15) is 30.3 Å². The number of aryl methyl sites for hydroxylation is 1. The normalized spacial score (nSPS) is 10.4. The van der Waals surface area contributed by atoms with E-state index in [4.69, 9.17) is 9.47 Å². The predicted octanol–water partition coefficient (Wildman–Crippen LogP) is 0.550. The van der Waals surface area contributed by atoms with Crippen molar-refractivity contribution in [3.05, 3.63) is 40.3 Å². The Balaban J connectivity index is 1.90. The summed E-state index contributed by atoms with van der Waals surface area (Å²) in [6.07, 6.45) is 0.618. The summed E-state index contributed by atoms with van der Waals surface area (Å²) in [7, 11) is 1.43. The van der Waals surface area contributed by atoms with Gasteiger partial charge in [-0.1, -0.05) is 18.2 Å². The second-order valence-electron chi connectivity index (χ2n) is 5.66. The Morgan fingerprint density at radius 1 is 1.15 bits per heavy atom. The Hall–Kier alpha value is -3.23. The van der Waals surface area contributed by atoms with Gasteiger partial charge in [-0.15, -0.1) is 0 Å². The number of ether oxygens (including phenoxy) is 2. The maximum Gasteiger partial charge on any atom is 0.359 e. The predicted molar refractivity (Wildman–Crippen MR) is 96.1 cm³/mol. The van der Waals surface area contributed by atoms with Gasteiger partial charge in [0.05, 0.1) is 12.0 Å². The highest BCUT2D eigenvalue weighted by molar-refractivity contribution is 6.02. The van der Waals surface area contributed by atoms with Gasteiger partial charge in [0.25, 0.3) is 11.5 Å².